The molecule has 0 spiro atoms. The van der Waals surface area contributed by atoms with E-state index in [4.69, 9.17) is 4.74 Å². The molecule has 3 saturated carbocycles. The Morgan fingerprint density at radius 1 is 1.12 bits per heavy atom. The summed E-state index contributed by atoms with van der Waals surface area (Å²) in [7, 11) is 1.53. The molecule has 3 fully saturated rings. The van der Waals surface area contributed by atoms with Crippen molar-refractivity contribution in [2.45, 2.75) is 65.2 Å². The molecule has 0 radical (unpaired) electrons. The SMILES string of the molecule is COC(=O)[C@H]1CC[C@H]2[C@@H]3CCC4=CC(=C=O)CC[C@]4(C)[C@H]3CC[C@]12C. The number of methoxy groups -OCH3 is 1. The van der Waals surface area contributed by atoms with Crippen molar-refractivity contribution in [3.05, 3.63) is 17.2 Å². The molecule has 0 aromatic rings. The molecule has 6 atom stereocenters. The Bertz CT molecular complexity index is 671. The second-order valence-corrected chi connectivity index (χ2v) is 9.33. The smallest absolute Gasteiger partial charge is 0.309 e. The molecule has 0 aromatic carbocycles. The quantitative estimate of drug-likeness (QED) is 0.521. The molecular weight excluding hydrogens is 312 g/mol. The van der Waals surface area contributed by atoms with Crippen LogP contribution >= 0.6 is 0 Å². The lowest BCUT2D eigenvalue weighted by molar-refractivity contribution is -0.152. The van der Waals surface area contributed by atoms with Gasteiger partial charge in [0.25, 0.3) is 0 Å². The van der Waals surface area contributed by atoms with E-state index in [9.17, 15) is 9.59 Å². The fraction of sp³-hybridized carbons (Fsp3) is 0.773. The highest BCUT2D eigenvalue weighted by atomic mass is 16.5. The molecule has 3 nitrogen and oxygen atoms in total. The van der Waals surface area contributed by atoms with Crippen LogP contribution in [-0.2, 0) is 14.3 Å². The van der Waals surface area contributed by atoms with Gasteiger partial charge < -0.3 is 4.74 Å². The molecule has 25 heavy (non-hydrogen) atoms. The van der Waals surface area contributed by atoms with Crippen molar-refractivity contribution in [3.8, 4) is 0 Å². The lowest BCUT2D eigenvalue weighted by Gasteiger charge is -2.58. The normalized spacial score (nSPS) is 45.6. The summed E-state index contributed by atoms with van der Waals surface area (Å²) in [5.41, 5.74) is 2.71. The fourth-order valence-electron chi connectivity index (χ4n) is 7.20. The molecule has 4 aliphatic rings. The minimum absolute atomic E-state index is 0.00415. The van der Waals surface area contributed by atoms with E-state index < -0.39 is 0 Å². The maximum atomic E-state index is 12.3. The summed E-state index contributed by atoms with van der Waals surface area (Å²) >= 11 is 0. The Balaban J connectivity index is 1.65. The molecule has 0 N–H and O–H groups in total. The Labute approximate surface area is 150 Å². The largest absolute Gasteiger partial charge is 0.469 e. The van der Waals surface area contributed by atoms with Gasteiger partial charge in [0.15, 0.2) is 0 Å². The van der Waals surface area contributed by atoms with Crippen molar-refractivity contribution in [2.75, 3.05) is 7.11 Å². The number of hydrogen-bond acceptors (Lipinski definition) is 3. The van der Waals surface area contributed by atoms with Gasteiger partial charge in [-0.3, -0.25) is 4.79 Å². The van der Waals surface area contributed by atoms with E-state index in [0.717, 1.165) is 43.6 Å². The first-order valence-corrected chi connectivity index (χ1v) is 9.97. The lowest BCUT2D eigenvalue weighted by atomic mass is 9.47. The molecule has 0 heterocycles. The number of ether oxygens (including phenoxy) is 1. The van der Waals surface area contributed by atoms with Gasteiger partial charge in [-0.2, -0.15) is 0 Å². The third-order valence-corrected chi connectivity index (χ3v) is 8.62. The summed E-state index contributed by atoms with van der Waals surface area (Å²) in [5.74, 6) is 4.30. The molecule has 136 valence electrons. The van der Waals surface area contributed by atoms with Gasteiger partial charge >= 0.3 is 5.97 Å². The zero-order valence-electron chi connectivity index (χ0n) is 15.8. The number of fused-ring (bicyclic) bond motifs is 5. The lowest BCUT2D eigenvalue weighted by Crippen LogP contribution is -2.50. The number of esters is 1. The van der Waals surface area contributed by atoms with Gasteiger partial charge in [0, 0.05) is 5.57 Å². The van der Waals surface area contributed by atoms with Crippen molar-refractivity contribution in [1.29, 1.82) is 0 Å². The highest BCUT2D eigenvalue weighted by molar-refractivity contribution is 5.73. The topological polar surface area (TPSA) is 43.4 Å². The number of carbonyl (C=O) groups is 1. The molecule has 0 saturated heterocycles. The van der Waals surface area contributed by atoms with Crippen molar-refractivity contribution in [2.24, 2.45) is 34.5 Å². The van der Waals surface area contributed by atoms with Crippen LogP contribution in [-0.4, -0.2) is 19.0 Å². The van der Waals surface area contributed by atoms with Crippen LogP contribution in [0.3, 0.4) is 0 Å². The zero-order valence-corrected chi connectivity index (χ0v) is 15.8. The standard InChI is InChI=1S/C22H30O3/c1-21-10-8-14(13-23)12-15(21)4-5-16-17-6-7-19(20(24)25-3)22(17,2)11-9-18(16)21/h12,16-19H,4-11H2,1-3H3/t16-,17-,18-,19+,21-,22-/m0/s1. The van der Waals surface area contributed by atoms with E-state index in [1.165, 1.54) is 31.9 Å². The molecule has 0 amide bonds. The van der Waals surface area contributed by atoms with E-state index in [0.29, 0.717) is 11.8 Å². The molecule has 0 unspecified atom stereocenters. The van der Waals surface area contributed by atoms with Crippen molar-refractivity contribution in [1.82, 2.24) is 0 Å². The van der Waals surface area contributed by atoms with Gasteiger partial charge in [-0.1, -0.05) is 19.4 Å². The van der Waals surface area contributed by atoms with Crippen molar-refractivity contribution >= 4 is 11.9 Å². The van der Waals surface area contributed by atoms with Gasteiger partial charge in [0.05, 0.1) is 13.0 Å². The fourth-order valence-corrected chi connectivity index (χ4v) is 7.20. The Kier molecular flexibility index (Phi) is 3.99. The van der Waals surface area contributed by atoms with Crippen LogP contribution in [0.5, 0.6) is 0 Å². The van der Waals surface area contributed by atoms with Gasteiger partial charge in [0.2, 0.25) is 0 Å². The minimum Gasteiger partial charge on any atom is -0.469 e. The second-order valence-electron chi connectivity index (χ2n) is 9.33. The third kappa shape index (κ3) is 2.31. The minimum atomic E-state index is 0.00415. The first kappa shape index (κ1) is 17.1. The van der Waals surface area contributed by atoms with E-state index in [-0.39, 0.29) is 22.7 Å². The number of allylic oxidation sites excluding steroid dienone is 3. The van der Waals surface area contributed by atoms with Crippen LogP contribution in [0.2, 0.25) is 0 Å². The van der Waals surface area contributed by atoms with Crippen molar-refractivity contribution < 1.29 is 14.3 Å². The van der Waals surface area contributed by atoms with E-state index in [2.05, 4.69) is 25.9 Å². The summed E-state index contributed by atoms with van der Waals surface area (Å²) in [6.07, 6.45) is 11.0. The third-order valence-electron chi connectivity index (χ3n) is 8.62. The molecule has 0 aromatic heterocycles. The highest BCUT2D eigenvalue weighted by Gasteiger charge is 2.60. The summed E-state index contributed by atoms with van der Waals surface area (Å²) in [6, 6.07) is 0. The summed E-state index contributed by atoms with van der Waals surface area (Å²) in [4.78, 5) is 23.4. The molecule has 3 heteroatoms. The first-order valence-electron chi connectivity index (χ1n) is 9.97. The first-order chi connectivity index (χ1) is 11.9. The Morgan fingerprint density at radius 3 is 2.64 bits per heavy atom. The molecular formula is C22H30O3. The van der Waals surface area contributed by atoms with Crippen LogP contribution in [0.25, 0.3) is 0 Å². The van der Waals surface area contributed by atoms with Crippen molar-refractivity contribution in [3.63, 3.8) is 0 Å². The van der Waals surface area contributed by atoms with Gasteiger partial charge in [0.1, 0.15) is 5.94 Å². The number of carbonyl (C=O) groups excluding carboxylic acids is 2. The average molecular weight is 342 g/mol. The van der Waals surface area contributed by atoms with Crippen LogP contribution < -0.4 is 0 Å². The second kappa shape index (κ2) is 5.84. The van der Waals surface area contributed by atoms with Crippen LogP contribution in [0.4, 0.5) is 0 Å². The van der Waals surface area contributed by atoms with Gasteiger partial charge in [-0.05, 0) is 86.0 Å². The number of hydrogen-bond donors (Lipinski definition) is 0. The van der Waals surface area contributed by atoms with Gasteiger partial charge in [-0.25, -0.2) is 4.79 Å². The van der Waals surface area contributed by atoms with Crippen LogP contribution in [0.1, 0.15) is 65.2 Å². The van der Waals surface area contributed by atoms with Crippen LogP contribution in [0.15, 0.2) is 17.2 Å². The zero-order chi connectivity index (χ0) is 17.8. The Hall–Kier alpha value is -1.34. The predicted molar refractivity (Wildman–Crippen MR) is 96.4 cm³/mol. The highest BCUT2D eigenvalue weighted by Crippen LogP contribution is 2.66. The monoisotopic (exact) mass is 342 g/mol. The average Bonchev–Trinajstić information content (AvgIpc) is 2.97. The maximum Gasteiger partial charge on any atom is 0.309 e. The van der Waals surface area contributed by atoms with Crippen LogP contribution in [0, 0.1) is 34.5 Å². The van der Waals surface area contributed by atoms with Gasteiger partial charge in [-0.15, -0.1) is 0 Å². The predicted octanol–water partition coefficient (Wildman–Crippen LogP) is 4.50. The molecule has 0 bridgehead atoms. The van der Waals surface area contributed by atoms with E-state index in [1.54, 1.807) is 0 Å². The summed E-state index contributed by atoms with van der Waals surface area (Å²) in [6.45, 7) is 4.79. The van der Waals surface area contributed by atoms with E-state index in [1.807, 2.05) is 0 Å². The van der Waals surface area contributed by atoms with E-state index >= 15 is 0 Å². The Morgan fingerprint density at radius 2 is 1.92 bits per heavy atom. The molecule has 4 rings (SSSR count). The maximum absolute atomic E-state index is 12.3. The number of rotatable bonds is 1. The molecule has 4 aliphatic carbocycles. The summed E-state index contributed by atoms with van der Waals surface area (Å²) in [5, 5.41) is 0. The summed E-state index contributed by atoms with van der Waals surface area (Å²) < 4.78 is 5.13. The molecule has 0 aliphatic heterocycles.